The minimum Gasteiger partial charge on any atom is -0.293 e. The number of rotatable bonds is 6. The Labute approximate surface area is 96.3 Å². The second kappa shape index (κ2) is 7.01. The summed E-state index contributed by atoms with van der Waals surface area (Å²) in [6.07, 6.45) is 2.71. The van der Waals surface area contributed by atoms with E-state index in [0.29, 0.717) is 12.2 Å². The van der Waals surface area contributed by atoms with E-state index in [0.717, 1.165) is 24.8 Å². The van der Waals surface area contributed by atoms with Crippen molar-refractivity contribution < 1.29 is 14.6 Å². The summed E-state index contributed by atoms with van der Waals surface area (Å²) in [6, 6.07) is 7.41. The van der Waals surface area contributed by atoms with Gasteiger partial charge >= 0.3 is 5.97 Å². The van der Waals surface area contributed by atoms with Crippen molar-refractivity contribution in [2.75, 3.05) is 6.61 Å². The summed E-state index contributed by atoms with van der Waals surface area (Å²) in [5.74, 6) is -0.409. The van der Waals surface area contributed by atoms with Gasteiger partial charge in [-0.05, 0) is 24.5 Å². The molecule has 0 heterocycles. The molecule has 0 fully saturated rings. The molecule has 1 aromatic carbocycles. The zero-order chi connectivity index (χ0) is 11.8. The van der Waals surface area contributed by atoms with Gasteiger partial charge in [-0.3, -0.25) is 4.89 Å². The molecular weight excluding hydrogens is 204 g/mol. The minimum atomic E-state index is -0.409. The predicted octanol–water partition coefficient (Wildman–Crippen LogP) is 3.14. The zero-order valence-corrected chi connectivity index (χ0v) is 9.86. The van der Waals surface area contributed by atoms with Crippen LogP contribution in [-0.2, 0) is 16.2 Å². The lowest BCUT2D eigenvalue weighted by molar-refractivity contribution is -0.241. The monoisotopic (exact) mass is 222 g/mol. The third kappa shape index (κ3) is 3.66. The molecule has 3 nitrogen and oxygen atoms in total. The molecule has 0 radical (unpaired) electrons. The molecule has 1 rings (SSSR count). The molecule has 88 valence electrons. The highest BCUT2D eigenvalue weighted by Gasteiger charge is 2.11. The Kier molecular flexibility index (Phi) is 5.57. The van der Waals surface area contributed by atoms with E-state index in [2.05, 4.69) is 6.92 Å². The molecule has 0 saturated heterocycles. The van der Waals surface area contributed by atoms with Gasteiger partial charge in [-0.25, -0.2) is 4.79 Å². The van der Waals surface area contributed by atoms with E-state index in [1.165, 1.54) is 0 Å². The normalized spacial score (nSPS) is 10.1. The maximum absolute atomic E-state index is 11.6. The summed E-state index contributed by atoms with van der Waals surface area (Å²) < 4.78 is 0. The lowest BCUT2D eigenvalue weighted by Crippen LogP contribution is -2.09. The molecule has 0 aliphatic carbocycles. The summed E-state index contributed by atoms with van der Waals surface area (Å²) in [5.41, 5.74) is 1.56. The Morgan fingerprint density at radius 2 is 2.00 bits per heavy atom. The maximum Gasteiger partial charge on any atom is 0.373 e. The third-order valence-electron chi connectivity index (χ3n) is 2.33. The summed E-state index contributed by atoms with van der Waals surface area (Å²) >= 11 is 0. The fourth-order valence-electron chi connectivity index (χ4n) is 1.37. The molecule has 0 unspecified atom stereocenters. The topological polar surface area (TPSA) is 35.5 Å². The van der Waals surface area contributed by atoms with Crippen LogP contribution in [0.2, 0.25) is 0 Å². The number of hydrogen-bond donors (Lipinski definition) is 0. The molecular formula is C13H18O3. The molecule has 16 heavy (non-hydrogen) atoms. The highest BCUT2D eigenvalue weighted by atomic mass is 17.2. The van der Waals surface area contributed by atoms with Gasteiger partial charge in [0.05, 0.1) is 12.2 Å². The van der Waals surface area contributed by atoms with E-state index in [1.54, 1.807) is 6.07 Å². The van der Waals surface area contributed by atoms with E-state index in [1.807, 2.05) is 25.1 Å². The molecule has 1 aromatic rings. The average molecular weight is 222 g/mol. The third-order valence-corrected chi connectivity index (χ3v) is 2.33. The van der Waals surface area contributed by atoms with Crippen LogP contribution in [0.5, 0.6) is 0 Å². The van der Waals surface area contributed by atoms with Gasteiger partial charge in [0.15, 0.2) is 0 Å². The number of carbonyl (C=O) groups is 1. The Bertz CT molecular complexity index is 334. The van der Waals surface area contributed by atoms with Gasteiger partial charge in [0.25, 0.3) is 0 Å². The first-order valence-corrected chi connectivity index (χ1v) is 5.71. The molecule has 0 aliphatic rings. The summed E-state index contributed by atoms with van der Waals surface area (Å²) in [4.78, 5) is 21.2. The van der Waals surface area contributed by atoms with Crippen molar-refractivity contribution in [2.45, 2.75) is 33.1 Å². The molecule has 3 heteroatoms. The van der Waals surface area contributed by atoms with E-state index in [-0.39, 0.29) is 0 Å². The van der Waals surface area contributed by atoms with Crippen LogP contribution in [0.4, 0.5) is 0 Å². The van der Waals surface area contributed by atoms with Crippen molar-refractivity contribution in [1.29, 1.82) is 0 Å². The van der Waals surface area contributed by atoms with Gasteiger partial charge in [-0.1, -0.05) is 38.5 Å². The SMILES string of the molecule is CCCCOOC(=O)c1ccccc1CC. The van der Waals surface area contributed by atoms with Gasteiger partial charge in [0.2, 0.25) is 0 Å². The van der Waals surface area contributed by atoms with Crippen LogP contribution in [0, 0.1) is 0 Å². The van der Waals surface area contributed by atoms with Gasteiger partial charge in [-0.2, -0.15) is 4.89 Å². The number of benzene rings is 1. The minimum absolute atomic E-state index is 0.409. The quantitative estimate of drug-likeness (QED) is 0.421. The first-order chi connectivity index (χ1) is 7.79. The molecule has 0 spiro atoms. The van der Waals surface area contributed by atoms with Crippen molar-refractivity contribution in [1.82, 2.24) is 0 Å². The summed E-state index contributed by atoms with van der Waals surface area (Å²) in [7, 11) is 0. The first kappa shape index (κ1) is 12.7. The Balaban J connectivity index is 2.52. The highest BCUT2D eigenvalue weighted by molar-refractivity contribution is 5.90. The van der Waals surface area contributed by atoms with Crippen LogP contribution >= 0.6 is 0 Å². The van der Waals surface area contributed by atoms with Crippen LogP contribution < -0.4 is 0 Å². The maximum atomic E-state index is 11.6. The van der Waals surface area contributed by atoms with Crippen LogP contribution in [0.15, 0.2) is 24.3 Å². The Morgan fingerprint density at radius 3 is 2.69 bits per heavy atom. The van der Waals surface area contributed by atoms with Gasteiger partial charge in [-0.15, -0.1) is 0 Å². The van der Waals surface area contributed by atoms with E-state index >= 15 is 0 Å². The van der Waals surface area contributed by atoms with Gasteiger partial charge in [0, 0.05) is 0 Å². The van der Waals surface area contributed by atoms with E-state index < -0.39 is 5.97 Å². The van der Waals surface area contributed by atoms with Crippen molar-refractivity contribution in [3.8, 4) is 0 Å². The molecule has 0 saturated carbocycles. The lowest BCUT2D eigenvalue weighted by atomic mass is 10.1. The number of carbonyl (C=O) groups excluding carboxylic acids is 1. The second-order valence-corrected chi connectivity index (χ2v) is 3.56. The lowest BCUT2D eigenvalue weighted by Gasteiger charge is -2.06. The molecule has 0 N–H and O–H groups in total. The van der Waals surface area contributed by atoms with Crippen molar-refractivity contribution in [3.05, 3.63) is 35.4 Å². The zero-order valence-electron chi connectivity index (χ0n) is 9.86. The van der Waals surface area contributed by atoms with Crippen molar-refractivity contribution in [2.24, 2.45) is 0 Å². The summed E-state index contributed by atoms with van der Waals surface area (Å²) in [6.45, 7) is 4.51. The van der Waals surface area contributed by atoms with Crippen LogP contribution in [0.25, 0.3) is 0 Å². The van der Waals surface area contributed by atoms with E-state index in [4.69, 9.17) is 9.78 Å². The van der Waals surface area contributed by atoms with Crippen LogP contribution in [0.1, 0.15) is 42.6 Å². The number of hydrogen-bond acceptors (Lipinski definition) is 3. The Morgan fingerprint density at radius 1 is 1.25 bits per heavy atom. The summed E-state index contributed by atoms with van der Waals surface area (Å²) in [5, 5.41) is 0. The fourth-order valence-corrected chi connectivity index (χ4v) is 1.37. The fraction of sp³-hybridized carbons (Fsp3) is 0.462. The van der Waals surface area contributed by atoms with Crippen molar-refractivity contribution in [3.63, 3.8) is 0 Å². The van der Waals surface area contributed by atoms with Crippen LogP contribution in [-0.4, -0.2) is 12.6 Å². The van der Waals surface area contributed by atoms with Crippen molar-refractivity contribution >= 4 is 5.97 Å². The smallest absolute Gasteiger partial charge is 0.293 e. The molecule has 0 aliphatic heterocycles. The van der Waals surface area contributed by atoms with Gasteiger partial charge in [0.1, 0.15) is 0 Å². The molecule has 0 atom stereocenters. The number of unbranched alkanes of at least 4 members (excludes halogenated alkanes) is 1. The van der Waals surface area contributed by atoms with Crippen LogP contribution in [0.3, 0.4) is 0 Å². The van der Waals surface area contributed by atoms with E-state index in [9.17, 15) is 4.79 Å². The highest BCUT2D eigenvalue weighted by Crippen LogP contribution is 2.11. The second-order valence-electron chi connectivity index (χ2n) is 3.56. The Hall–Kier alpha value is -1.35. The van der Waals surface area contributed by atoms with Gasteiger partial charge < -0.3 is 0 Å². The molecule has 0 bridgehead atoms. The molecule has 0 aromatic heterocycles. The first-order valence-electron chi connectivity index (χ1n) is 5.71. The molecule has 0 amide bonds. The predicted molar refractivity (Wildman–Crippen MR) is 62.1 cm³/mol. The average Bonchev–Trinajstić information content (AvgIpc) is 2.34. The standard InChI is InChI=1S/C13H18O3/c1-3-5-10-15-16-13(14)12-9-7-6-8-11(12)4-2/h6-9H,3-5,10H2,1-2H3. The largest absolute Gasteiger partial charge is 0.373 e. The number of aryl methyl sites for hydroxylation is 1.